The highest BCUT2D eigenvalue weighted by Gasteiger charge is 2.29. The van der Waals surface area contributed by atoms with Crippen LogP contribution in [-0.2, 0) is 0 Å². The number of aromatic amines is 2. The topological polar surface area (TPSA) is 56.0 Å². The van der Waals surface area contributed by atoms with Gasteiger partial charge in [-0.25, -0.2) is 4.99 Å². The Morgan fingerprint density at radius 2 is 1.02 bits per heavy atom. The third-order valence-corrected chi connectivity index (χ3v) is 9.58. The molecule has 0 aliphatic carbocycles. The zero-order valence-corrected chi connectivity index (χ0v) is 26.4. The van der Waals surface area contributed by atoms with E-state index in [0.29, 0.717) is 0 Å². The Morgan fingerprint density at radius 1 is 0.479 bits per heavy atom. The van der Waals surface area contributed by atoms with Gasteiger partial charge in [-0.05, 0) is 71.5 Å². The highest BCUT2D eigenvalue weighted by Crippen LogP contribution is 2.36. The zero-order valence-electron chi connectivity index (χ0n) is 26.4. The molecule has 5 heterocycles. The van der Waals surface area contributed by atoms with E-state index in [0.717, 1.165) is 74.2 Å². The zero-order chi connectivity index (χ0) is 31.9. The molecule has 230 valence electrons. The second-order valence-electron chi connectivity index (χ2n) is 12.5. The van der Waals surface area contributed by atoms with Gasteiger partial charge in [-0.3, -0.25) is 0 Å². The maximum Gasteiger partial charge on any atom is 0.0737 e. The summed E-state index contributed by atoms with van der Waals surface area (Å²) in [4.78, 5) is 13.1. The predicted octanol–water partition coefficient (Wildman–Crippen LogP) is 7.74. The van der Waals surface area contributed by atoms with E-state index in [2.05, 4.69) is 173 Å². The molecule has 0 radical (unpaired) electrons. The van der Waals surface area contributed by atoms with Gasteiger partial charge in [0.2, 0.25) is 0 Å². The van der Waals surface area contributed by atoms with E-state index in [4.69, 9.17) is 4.99 Å². The van der Waals surface area contributed by atoms with Gasteiger partial charge in [0, 0.05) is 50.1 Å². The number of aliphatic imine (C=N–C) groups is 1. The van der Waals surface area contributed by atoms with Crippen molar-refractivity contribution >= 4 is 28.0 Å². The summed E-state index contributed by atoms with van der Waals surface area (Å²) in [6.07, 6.45) is 6.27. The highest BCUT2D eigenvalue weighted by atomic mass is 15.0. The van der Waals surface area contributed by atoms with Crippen molar-refractivity contribution in [3.05, 3.63) is 213 Å². The largest absolute Gasteiger partial charge is 0.381 e. The van der Waals surface area contributed by atoms with Crippen LogP contribution in [-0.4, -0.2) is 21.7 Å². The molecule has 0 amide bonds. The number of nitrogens with one attached hydrogen (secondary N) is 3. The molecule has 4 aromatic carbocycles. The molecule has 1 fully saturated rings. The van der Waals surface area contributed by atoms with Gasteiger partial charge in [0.05, 0.1) is 17.5 Å². The molecule has 1 atom stereocenters. The molecule has 3 N–H and O–H groups in total. The molecule has 8 bridgehead atoms. The number of allylic oxidation sites excluding steroid dienone is 4. The predicted molar refractivity (Wildman–Crippen MR) is 196 cm³/mol. The summed E-state index contributed by atoms with van der Waals surface area (Å²) in [7, 11) is 0. The first kappa shape index (κ1) is 28.1. The summed E-state index contributed by atoms with van der Waals surface area (Å²) < 4.78 is 0. The second-order valence-corrected chi connectivity index (χ2v) is 12.5. The van der Waals surface area contributed by atoms with Crippen LogP contribution in [0.5, 0.6) is 0 Å². The molecule has 3 aliphatic heterocycles. The van der Waals surface area contributed by atoms with E-state index >= 15 is 0 Å². The third kappa shape index (κ3) is 4.99. The van der Waals surface area contributed by atoms with E-state index in [1.165, 1.54) is 22.4 Å². The van der Waals surface area contributed by atoms with Crippen molar-refractivity contribution in [1.29, 1.82) is 0 Å². The Morgan fingerprint density at radius 3 is 1.67 bits per heavy atom. The van der Waals surface area contributed by atoms with Crippen molar-refractivity contribution in [2.45, 2.75) is 18.9 Å². The summed E-state index contributed by atoms with van der Waals surface area (Å²) in [5.41, 5.74) is 14.5. The van der Waals surface area contributed by atoms with E-state index < -0.39 is 0 Å². The van der Waals surface area contributed by atoms with Gasteiger partial charge in [-0.2, -0.15) is 0 Å². The lowest BCUT2D eigenvalue weighted by atomic mass is 9.96. The molecule has 3 aliphatic rings. The number of aromatic nitrogens is 2. The lowest BCUT2D eigenvalue weighted by Gasteiger charge is -2.18. The number of nitrogens with zero attached hydrogens (tertiary/aromatic N) is 1. The van der Waals surface area contributed by atoms with Gasteiger partial charge in [0.15, 0.2) is 0 Å². The fourth-order valence-corrected chi connectivity index (χ4v) is 7.43. The molecule has 48 heavy (non-hydrogen) atoms. The minimum Gasteiger partial charge on any atom is -0.381 e. The minimum absolute atomic E-state index is 0.124. The Balaban J connectivity index is 1.38. The summed E-state index contributed by atoms with van der Waals surface area (Å²) in [6.45, 7) is 0. The SMILES string of the molecule is C1=C/C2=C(\c3ccccc3)c3ccc([nH]3)/C(c3ccccc3)=c3/cc/c([nH]3)=C(\c3ccccc3)C3CC/C(=C(\c4ccccc4)C1=N2)N3. The van der Waals surface area contributed by atoms with Crippen molar-refractivity contribution in [1.82, 2.24) is 15.3 Å². The van der Waals surface area contributed by atoms with E-state index in [1.807, 2.05) is 0 Å². The number of benzene rings is 4. The summed E-state index contributed by atoms with van der Waals surface area (Å²) in [6, 6.07) is 51.7. The van der Waals surface area contributed by atoms with Crippen molar-refractivity contribution in [3.63, 3.8) is 0 Å². The van der Waals surface area contributed by atoms with Gasteiger partial charge in [0.1, 0.15) is 0 Å². The molecule has 2 aromatic heterocycles. The van der Waals surface area contributed by atoms with Crippen molar-refractivity contribution in [2.75, 3.05) is 0 Å². The lowest BCUT2D eigenvalue weighted by Crippen LogP contribution is -2.29. The van der Waals surface area contributed by atoms with Crippen LogP contribution in [0.3, 0.4) is 0 Å². The van der Waals surface area contributed by atoms with Gasteiger partial charge >= 0.3 is 0 Å². The summed E-state index contributed by atoms with van der Waals surface area (Å²) in [5, 5.41) is 6.20. The molecule has 1 unspecified atom stereocenters. The van der Waals surface area contributed by atoms with E-state index in [9.17, 15) is 0 Å². The summed E-state index contributed by atoms with van der Waals surface area (Å²) in [5.74, 6) is 0. The van der Waals surface area contributed by atoms with Crippen LogP contribution in [0.15, 0.2) is 174 Å². The van der Waals surface area contributed by atoms with Crippen molar-refractivity contribution in [3.8, 4) is 0 Å². The van der Waals surface area contributed by atoms with E-state index in [-0.39, 0.29) is 6.04 Å². The maximum atomic E-state index is 5.40. The highest BCUT2D eigenvalue weighted by molar-refractivity contribution is 6.31. The standard InChI is InChI=1S/C44H34N4/c1-5-13-29(14-6-1)41-33-21-23-35(45-33)42(30-15-7-2-8-16-30)37-25-27-39(47-37)44(32-19-11-4-12-20-32)40-28-26-38(48-40)43(31-17-9-3-10-18-31)36-24-22-34(41)46-36/h1-25,27,38,45-46,48H,26,28H2/b41-34-,42-37-,43-36-,44-40-. The monoisotopic (exact) mass is 618 g/mol. The summed E-state index contributed by atoms with van der Waals surface area (Å²) >= 11 is 0. The van der Waals surface area contributed by atoms with Crippen LogP contribution in [0, 0.1) is 0 Å². The van der Waals surface area contributed by atoms with Crippen LogP contribution in [0.25, 0.3) is 22.3 Å². The van der Waals surface area contributed by atoms with Crippen LogP contribution < -0.4 is 16.0 Å². The first-order chi connectivity index (χ1) is 23.8. The van der Waals surface area contributed by atoms with Gasteiger partial charge in [-0.1, -0.05) is 121 Å². The molecule has 4 nitrogen and oxygen atoms in total. The number of fused-ring (bicyclic) bond motifs is 7. The van der Waals surface area contributed by atoms with Crippen molar-refractivity contribution < 1.29 is 0 Å². The molecule has 4 heteroatoms. The number of H-pyrrole nitrogens is 2. The minimum atomic E-state index is 0.124. The molecule has 0 saturated carbocycles. The first-order valence-corrected chi connectivity index (χ1v) is 16.7. The van der Waals surface area contributed by atoms with Crippen LogP contribution in [0.1, 0.15) is 46.5 Å². The Labute approximate surface area is 279 Å². The fourth-order valence-electron chi connectivity index (χ4n) is 7.43. The smallest absolute Gasteiger partial charge is 0.0737 e. The van der Waals surface area contributed by atoms with Crippen LogP contribution in [0.4, 0.5) is 0 Å². The average Bonchev–Trinajstić information content (AvgIpc) is 3.98. The molecule has 6 aromatic rings. The molecule has 1 saturated heterocycles. The van der Waals surface area contributed by atoms with Gasteiger partial charge in [-0.15, -0.1) is 0 Å². The molecular weight excluding hydrogens is 585 g/mol. The Bertz CT molecular complexity index is 2390. The number of hydrogen-bond acceptors (Lipinski definition) is 2. The first-order valence-electron chi connectivity index (χ1n) is 16.7. The van der Waals surface area contributed by atoms with Crippen LogP contribution >= 0.6 is 0 Å². The average molecular weight is 619 g/mol. The van der Waals surface area contributed by atoms with Crippen molar-refractivity contribution in [2.24, 2.45) is 4.99 Å². The molecule has 0 spiro atoms. The van der Waals surface area contributed by atoms with Gasteiger partial charge < -0.3 is 15.3 Å². The molecular formula is C44H34N4. The van der Waals surface area contributed by atoms with E-state index in [1.54, 1.807) is 0 Å². The third-order valence-electron chi connectivity index (χ3n) is 9.58. The normalized spacial score (nSPS) is 22.4. The fraction of sp³-hybridized carbons (Fsp3) is 0.0682. The molecule has 9 rings (SSSR count). The van der Waals surface area contributed by atoms with Gasteiger partial charge in [0.25, 0.3) is 0 Å². The maximum absolute atomic E-state index is 5.40. The number of rotatable bonds is 4. The lowest BCUT2D eigenvalue weighted by molar-refractivity contribution is 0.760. The number of hydrogen-bond donors (Lipinski definition) is 3. The van der Waals surface area contributed by atoms with Crippen LogP contribution in [0.2, 0.25) is 0 Å². The quantitative estimate of drug-likeness (QED) is 0.186. The Hall–Kier alpha value is -6.13. The Kier molecular flexibility index (Phi) is 6.98. The second kappa shape index (κ2) is 11.9.